The Hall–Kier alpha value is -2.37. The van der Waals surface area contributed by atoms with Crippen molar-refractivity contribution in [3.8, 4) is 0 Å². The Kier molecular flexibility index (Phi) is 3.16. The van der Waals surface area contributed by atoms with Crippen LogP contribution in [0.1, 0.15) is 25.2 Å². The fraction of sp³-hybridized carbons (Fsp3) is 0.400. The average molecular weight is 285 g/mol. The molecule has 0 saturated carbocycles. The summed E-state index contributed by atoms with van der Waals surface area (Å²) in [7, 11) is 0. The van der Waals surface area contributed by atoms with Gasteiger partial charge < -0.3 is 15.2 Å². The van der Waals surface area contributed by atoms with Gasteiger partial charge in [0.15, 0.2) is 5.82 Å². The van der Waals surface area contributed by atoms with E-state index in [9.17, 15) is 4.79 Å². The standard InChI is InChI=1S/C15H19N5O/c1-15(2,11-3-5-12(16)6-4-11)14(21)19-7-8-20-10-17-18-13(20)9-19/h3-6,10H,7-9,16H2,1-2H3. The van der Waals surface area contributed by atoms with Crippen LogP contribution in [0.2, 0.25) is 0 Å². The summed E-state index contributed by atoms with van der Waals surface area (Å²) in [5.41, 5.74) is 6.80. The molecular formula is C15H19N5O. The molecule has 21 heavy (non-hydrogen) atoms. The molecule has 0 aliphatic carbocycles. The van der Waals surface area contributed by atoms with Crippen molar-refractivity contribution in [2.75, 3.05) is 12.3 Å². The first-order valence-corrected chi connectivity index (χ1v) is 7.00. The molecule has 3 rings (SSSR count). The molecule has 6 heteroatoms. The number of anilines is 1. The average Bonchev–Trinajstić information content (AvgIpc) is 2.94. The van der Waals surface area contributed by atoms with Crippen molar-refractivity contribution in [1.29, 1.82) is 0 Å². The highest BCUT2D eigenvalue weighted by molar-refractivity contribution is 5.87. The predicted octanol–water partition coefficient (Wildman–Crippen LogP) is 1.18. The maximum absolute atomic E-state index is 12.9. The molecule has 1 amide bonds. The number of carbonyl (C=O) groups excluding carboxylic acids is 1. The van der Waals surface area contributed by atoms with Gasteiger partial charge in [0, 0.05) is 18.8 Å². The smallest absolute Gasteiger partial charge is 0.233 e. The van der Waals surface area contributed by atoms with Gasteiger partial charge >= 0.3 is 0 Å². The third-order valence-electron chi connectivity index (χ3n) is 4.09. The topological polar surface area (TPSA) is 77.0 Å². The molecule has 2 N–H and O–H groups in total. The fourth-order valence-corrected chi connectivity index (χ4v) is 2.66. The molecule has 0 saturated heterocycles. The van der Waals surface area contributed by atoms with Crippen LogP contribution < -0.4 is 5.73 Å². The zero-order valence-electron chi connectivity index (χ0n) is 12.3. The highest BCUT2D eigenvalue weighted by Crippen LogP contribution is 2.28. The minimum Gasteiger partial charge on any atom is -0.399 e. The molecule has 2 aromatic rings. The Bertz CT molecular complexity index is 659. The molecule has 2 heterocycles. The van der Waals surface area contributed by atoms with E-state index in [2.05, 4.69) is 10.2 Å². The maximum atomic E-state index is 12.9. The molecule has 0 unspecified atom stereocenters. The zero-order valence-corrected chi connectivity index (χ0v) is 12.3. The predicted molar refractivity (Wildman–Crippen MR) is 79.3 cm³/mol. The van der Waals surface area contributed by atoms with Crippen LogP contribution in [0.5, 0.6) is 0 Å². The summed E-state index contributed by atoms with van der Waals surface area (Å²) in [5.74, 6) is 0.934. The monoisotopic (exact) mass is 285 g/mol. The molecule has 0 radical (unpaired) electrons. The molecular weight excluding hydrogens is 266 g/mol. The number of aromatic nitrogens is 3. The van der Waals surface area contributed by atoms with Gasteiger partial charge in [0.2, 0.25) is 5.91 Å². The van der Waals surface area contributed by atoms with Crippen molar-refractivity contribution in [3.05, 3.63) is 42.0 Å². The van der Waals surface area contributed by atoms with E-state index in [1.165, 1.54) is 0 Å². The van der Waals surface area contributed by atoms with Crippen LogP contribution in [0, 0.1) is 0 Å². The molecule has 1 aliphatic heterocycles. The van der Waals surface area contributed by atoms with E-state index in [1.807, 2.05) is 47.6 Å². The normalized spacial score (nSPS) is 14.9. The van der Waals surface area contributed by atoms with Crippen molar-refractivity contribution in [2.45, 2.75) is 32.4 Å². The molecule has 1 aromatic carbocycles. The molecule has 1 aromatic heterocycles. The largest absolute Gasteiger partial charge is 0.399 e. The van der Waals surface area contributed by atoms with Crippen LogP contribution in [0.4, 0.5) is 5.69 Å². The van der Waals surface area contributed by atoms with Crippen LogP contribution in [-0.4, -0.2) is 32.1 Å². The van der Waals surface area contributed by atoms with E-state index in [4.69, 9.17) is 5.73 Å². The number of nitrogen functional groups attached to an aromatic ring is 1. The van der Waals surface area contributed by atoms with Crippen molar-refractivity contribution in [1.82, 2.24) is 19.7 Å². The molecule has 0 atom stereocenters. The summed E-state index contributed by atoms with van der Waals surface area (Å²) in [5, 5.41) is 7.95. The number of rotatable bonds is 2. The summed E-state index contributed by atoms with van der Waals surface area (Å²) in [6.45, 7) is 5.83. The molecule has 110 valence electrons. The maximum Gasteiger partial charge on any atom is 0.233 e. The van der Waals surface area contributed by atoms with Gasteiger partial charge in [-0.1, -0.05) is 12.1 Å². The lowest BCUT2D eigenvalue weighted by atomic mass is 9.83. The lowest BCUT2D eigenvalue weighted by Gasteiger charge is -2.34. The quantitative estimate of drug-likeness (QED) is 0.841. The lowest BCUT2D eigenvalue weighted by Crippen LogP contribution is -2.46. The van der Waals surface area contributed by atoms with Crippen LogP contribution >= 0.6 is 0 Å². The minimum absolute atomic E-state index is 0.0986. The van der Waals surface area contributed by atoms with E-state index in [1.54, 1.807) is 6.33 Å². The number of nitrogens with two attached hydrogens (primary N) is 1. The van der Waals surface area contributed by atoms with Crippen LogP contribution in [0.15, 0.2) is 30.6 Å². The summed E-state index contributed by atoms with van der Waals surface area (Å²) >= 11 is 0. The Balaban J connectivity index is 1.83. The van der Waals surface area contributed by atoms with Gasteiger partial charge in [-0.15, -0.1) is 10.2 Å². The molecule has 1 aliphatic rings. The first kappa shape index (κ1) is 13.6. The van der Waals surface area contributed by atoms with Gasteiger partial charge in [-0.2, -0.15) is 0 Å². The van der Waals surface area contributed by atoms with Gasteiger partial charge in [0.05, 0.1) is 12.0 Å². The van der Waals surface area contributed by atoms with Crippen LogP contribution in [-0.2, 0) is 23.3 Å². The second-order valence-electron chi connectivity index (χ2n) is 5.91. The van der Waals surface area contributed by atoms with Gasteiger partial charge in [-0.3, -0.25) is 4.79 Å². The van der Waals surface area contributed by atoms with E-state index in [0.29, 0.717) is 18.8 Å². The Morgan fingerprint density at radius 1 is 1.24 bits per heavy atom. The van der Waals surface area contributed by atoms with Gasteiger partial charge in [-0.25, -0.2) is 0 Å². The first-order valence-electron chi connectivity index (χ1n) is 7.00. The molecule has 6 nitrogen and oxygen atoms in total. The number of carbonyl (C=O) groups is 1. The van der Waals surface area contributed by atoms with E-state index in [0.717, 1.165) is 17.9 Å². The van der Waals surface area contributed by atoms with E-state index < -0.39 is 5.41 Å². The van der Waals surface area contributed by atoms with Crippen LogP contribution in [0.25, 0.3) is 0 Å². The number of nitrogens with zero attached hydrogens (tertiary/aromatic N) is 4. The number of fused-ring (bicyclic) bond motifs is 1. The van der Waals surface area contributed by atoms with Crippen molar-refractivity contribution in [3.63, 3.8) is 0 Å². The van der Waals surface area contributed by atoms with E-state index in [-0.39, 0.29) is 5.91 Å². The van der Waals surface area contributed by atoms with Crippen molar-refractivity contribution >= 4 is 11.6 Å². The second-order valence-corrected chi connectivity index (χ2v) is 5.91. The Morgan fingerprint density at radius 3 is 2.67 bits per heavy atom. The minimum atomic E-state index is -0.587. The van der Waals surface area contributed by atoms with Crippen LogP contribution in [0.3, 0.4) is 0 Å². The lowest BCUT2D eigenvalue weighted by molar-refractivity contribution is -0.137. The highest BCUT2D eigenvalue weighted by Gasteiger charge is 2.35. The third-order valence-corrected chi connectivity index (χ3v) is 4.09. The molecule has 0 spiro atoms. The Morgan fingerprint density at radius 2 is 1.95 bits per heavy atom. The SMILES string of the molecule is CC(C)(C(=O)N1CCn2cnnc2C1)c1ccc(N)cc1. The van der Waals surface area contributed by atoms with E-state index >= 15 is 0 Å². The fourth-order valence-electron chi connectivity index (χ4n) is 2.66. The van der Waals surface area contributed by atoms with Gasteiger partial charge in [0.25, 0.3) is 0 Å². The highest BCUT2D eigenvalue weighted by atomic mass is 16.2. The summed E-state index contributed by atoms with van der Waals surface area (Å²) < 4.78 is 1.99. The molecule has 0 fully saturated rings. The van der Waals surface area contributed by atoms with Crippen molar-refractivity contribution < 1.29 is 4.79 Å². The molecule has 0 bridgehead atoms. The van der Waals surface area contributed by atoms with Gasteiger partial charge in [-0.05, 0) is 31.5 Å². The number of benzene rings is 1. The first-order chi connectivity index (χ1) is 9.98. The third kappa shape index (κ3) is 2.37. The summed E-state index contributed by atoms with van der Waals surface area (Å²) in [6.07, 6.45) is 1.71. The second kappa shape index (κ2) is 4.87. The summed E-state index contributed by atoms with van der Waals surface area (Å²) in [4.78, 5) is 14.7. The van der Waals surface area contributed by atoms with Crippen molar-refractivity contribution in [2.24, 2.45) is 0 Å². The van der Waals surface area contributed by atoms with Gasteiger partial charge in [0.1, 0.15) is 6.33 Å². The summed E-state index contributed by atoms with van der Waals surface area (Å²) in [6, 6.07) is 7.49. The number of hydrogen-bond acceptors (Lipinski definition) is 4. The Labute approximate surface area is 123 Å². The number of hydrogen-bond donors (Lipinski definition) is 1. The number of amides is 1. The zero-order chi connectivity index (χ0) is 15.0.